The molecule has 1 aromatic carbocycles. The van der Waals surface area contributed by atoms with Gasteiger partial charge in [-0.25, -0.2) is 9.97 Å². The van der Waals surface area contributed by atoms with Crippen LogP contribution < -0.4 is 4.74 Å². The van der Waals surface area contributed by atoms with Gasteiger partial charge in [-0.2, -0.15) is 0 Å². The third-order valence-corrected chi connectivity index (χ3v) is 5.75. The van der Waals surface area contributed by atoms with Gasteiger partial charge in [0.2, 0.25) is 0 Å². The van der Waals surface area contributed by atoms with Crippen molar-refractivity contribution in [2.24, 2.45) is 5.92 Å². The number of methoxy groups -OCH3 is 1. The first-order valence-electron chi connectivity index (χ1n) is 10.5. The number of likely N-dealkylation sites (tertiary alicyclic amines) is 1. The molecule has 2 fully saturated rings. The van der Waals surface area contributed by atoms with Gasteiger partial charge < -0.3 is 14.4 Å². The van der Waals surface area contributed by atoms with Crippen LogP contribution in [0.4, 0.5) is 0 Å². The fraction of sp³-hybridized carbons (Fsp3) is 0.565. The minimum Gasteiger partial charge on any atom is -0.496 e. The molecule has 0 radical (unpaired) electrons. The molecule has 28 heavy (non-hydrogen) atoms. The van der Waals surface area contributed by atoms with Gasteiger partial charge in [0.05, 0.1) is 19.8 Å². The molecule has 5 heteroatoms. The topological polar surface area (TPSA) is 47.5 Å². The summed E-state index contributed by atoms with van der Waals surface area (Å²) in [7, 11) is 1.72. The monoisotopic (exact) mass is 381 g/mol. The van der Waals surface area contributed by atoms with Crippen molar-refractivity contribution in [3.05, 3.63) is 53.1 Å². The Labute approximate surface area is 168 Å². The van der Waals surface area contributed by atoms with Crippen LogP contribution in [-0.2, 0) is 24.2 Å². The average molecular weight is 382 g/mol. The van der Waals surface area contributed by atoms with E-state index >= 15 is 0 Å². The van der Waals surface area contributed by atoms with Gasteiger partial charge >= 0.3 is 0 Å². The lowest BCUT2D eigenvalue weighted by Crippen LogP contribution is -2.25. The number of nitrogens with zero attached hydrogens (tertiary/aromatic N) is 3. The standard InChI is InChI=1S/C23H31N3O2/c1-3-20-8-10-24-23(25-20)13-18-6-7-22(27-2)19(12-18)16-28-21-9-11-26(15-21)14-17-4-5-17/h6-8,10,12,17,21H,3-5,9,11,13-16H2,1-2H3. The summed E-state index contributed by atoms with van der Waals surface area (Å²) in [6.07, 6.45) is 7.79. The predicted molar refractivity (Wildman–Crippen MR) is 110 cm³/mol. The van der Waals surface area contributed by atoms with Crippen molar-refractivity contribution in [2.45, 2.75) is 51.7 Å². The van der Waals surface area contributed by atoms with Crippen molar-refractivity contribution >= 4 is 0 Å². The number of aromatic nitrogens is 2. The molecule has 0 spiro atoms. The summed E-state index contributed by atoms with van der Waals surface area (Å²) in [6.45, 7) is 6.20. The Morgan fingerprint density at radius 2 is 2.07 bits per heavy atom. The van der Waals surface area contributed by atoms with Gasteiger partial charge in [0.15, 0.2) is 0 Å². The molecule has 1 saturated heterocycles. The molecule has 4 rings (SSSR count). The van der Waals surface area contributed by atoms with Crippen molar-refractivity contribution in [2.75, 3.05) is 26.7 Å². The van der Waals surface area contributed by atoms with Crippen LogP contribution in [0.1, 0.15) is 48.8 Å². The fourth-order valence-electron chi connectivity index (χ4n) is 3.93. The zero-order valence-electron chi connectivity index (χ0n) is 17.1. The van der Waals surface area contributed by atoms with Crippen LogP contribution in [-0.4, -0.2) is 47.7 Å². The molecule has 2 aliphatic rings. The Morgan fingerprint density at radius 3 is 2.86 bits per heavy atom. The molecule has 1 aliphatic carbocycles. The van der Waals surface area contributed by atoms with Crippen molar-refractivity contribution in [3.63, 3.8) is 0 Å². The van der Waals surface area contributed by atoms with Gasteiger partial charge in [0.25, 0.3) is 0 Å². The molecule has 0 bridgehead atoms. The predicted octanol–water partition coefficient (Wildman–Crippen LogP) is 3.64. The lowest BCUT2D eigenvalue weighted by Gasteiger charge is -2.17. The molecule has 1 atom stereocenters. The summed E-state index contributed by atoms with van der Waals surface area (Å²) < 4.78 is 11.8. The lowest BCUT2D eigenvalue weighted by atomic mass is 10.1. The van der Waals surface area contributed by atoms with E-state index in [9.17, 15) is 0 Å². The quantitative estimate of drug-likeness (QED) is 0.664. The van der Waals surface area contributed by atoms with Crippen LogP contribution >= 0.6 is 0 Å². The SMILES string of the molecule is CCc1ccnc(Cc2ccc(OC)c(COC3CCN(CC4CC4)C3)c2)n1. The highest BCUT2D eigenvalue weighted by Gasteiger charge is 2.29. The van der Waals surface area contributed by atoms with E-state index < -0.39 is 0 Å². The molecule has 0 N–H and O–H groups in total. The second kappa shape index (κ2) is 9.01. The fourth-order valence-corrected chi connectivity index (χ4v) is 3.93. The third-order valence-electron chi connectivity index (χ3n) is 5.75. The summed E-state index contributed by atoms with van der Waals surface area (Å²) in [4.78, 5) is 11.6. The minimum absolute atomic E-state index is 0.330. The Kier molecular flexibility index (Phi) is 6.23. The number of rotatable bonds is 9. The summed E-state index contributed by atoms with van der Waals surface area (Å²) in [5.41, 5.74) is 3.38. The Morgan fingerprint density at radius 1 is 1.18 bits per heavy atom. The van der Waals surface area contributed by atoms with E-state index in [0.29, 0.717) is 12.7 Å². The van der Waals surface area contributed by atoms with Crippen LogP contribution in [0.3, 0.4) is 0 Å². The maximum atomic E-state index is 6.25. The molecule has 1 unspecified atom stereocenters. The van der Waals surface area contributed by atoms with Gasteiger partial charge in [0, 0.05) is 43.5 Å². The normalized spacial score (nSPS) is 19.9. The summed E-state index contributed by atoms with van der Waals surface area (Å²) in [5, 5.41) is 0. The number of ether oxygens (including phenoxy) is 2. The molecule has 0 amide bonds. The van der Waals surface area contributed by atoms with E-state index in [1.165, 1.54) is 31.5 Å². The molecule has 5 nitrogen and oxygen atoms in total. The highest BCUT2D eigenvalue weighted by molar-refractivity contribution is 5.38. The highest BCUT2D eigenvalue weighted by atomic mass is 16.5. The summed E-state index contributed by atoms with van der Waals surface area (Å²) in [5.74, 6) is 2.70. The van der Waals surface area contributed by atoms with Crippen LogP contribution in [0.15, 0.2) is 30.5 Å². The van der Waals surface area contributed by atoms with Crippen LogP contribution in [0.2, 0.25) is 0 Å². The number of hydrogen-bond acceptors (Lipinski definition) is 5. The van der Waals surface area contributed by atoms with Gasteiger partial charge in [0.1, 0.15) is 11.6 Å². The zero-order chi connectivity index (χ0) is 19.3. The van der Waals surface area contributed by atoms with Gasteiger partial charge in [-0.1, -0.05) is 13.0 Å². The molecular weight excluding hydrogens is 350 g/mol. The Bertz CT molecular complexity index is 791. The second-order valence-electron chi connectivity index (χ2n) is 8.07. The van der Waals surface area contributed by atoms with Crippen LogP contribution in [0.5, 0.6) is 5.75 Å². The molecular formula is C23H31N3O2. The van der Waals surface area contributed by atoms with E-state index in [0.717, 1.165) is 54.6 Å². The second-order valence-corrected chi connectivity index (χ2v) is 8.07. The molecule has 1 aliphatic heterocycles. The molecule has 150 valence electrons. The maximum Gasteiger partial charge on any atom is 0.132 e. The molecule has 1 aromatic heterocycles. The van der Waals surface area contributed by atoms with Gasteiger partial charge in [-0.05, 0) is 55.4 Å². The van der Waals surface area contributed by atoms with Gasteiger partial charge in [-0.3, -0.25) is 0 Å². The lowest BCUT2D eigenvalue weighted by molar-refractivity contribution is 0.0453. The maximum absolute atomic E-state index is 6.25. The zero-order valence-corrected chi connectivity index (χ0v) is 17.1. The summed E-state index contributed by atoms with van der Waals surface area (Å²) in [6, 6.07) is 8.28. The Balaban J connectivity index is 1.37. The van der Waals surface area contributed by atoms with Crippen LogP contribution in [0.25, 0.3) is 0 Å². The highest BCUT2D eigenvalue weighted by Crippen LogP contribution is 2.31. The molecule has 2 aromatic rings. The van der Waals surface area contributed by atoms with E-state index in [4.69, 9.17) is 9.47 Å². The van der Waals surface area contributed by atoms with Crippen molar-refractivity contribution in [1.29, 1.82) is 0 Å². The van der Waals surface area contributed by atoms with Gasteiger partial charge in [-0.15, -0.1) is 0 Å². The largest absolute Gasteiger partial charge is 0.496 e. The van der Waals surface area contributed by atoms with Crippen molar-refractivity contribution in [1.82, 2.24) is 14.9 Å². The average Bonchev–Trinajstić information content (AvgIpc) is 3.42. The van der Waals surface area contributed by atoms with Crippen molar-refractivity contribution in [3.8, 4) is 5.75 Å². The van der Waals surface area contributed by atoms with E-state index in [2.05, 4.69) is 33.9 Å². The Hall–Kier alpha value is -1.98. The molecule has 2 heterocycles. The first-order chi connectivity index (χ1) is 13.7. The van der Waals surface area contributed by atoms with E-state index in [-0.39, 0.29) is 0 Å². The van der Waals surface area contributed by atoms with Crippen molar-refractivity contribution < 1.29 is 9.47 Å². The molecule has 1 saturated carbocycles. The van der Waals surface area contributed by atoms with E-state index in [1.807, 2.05) is 18.3 Å². The van der Waals surface area contributed by atoms with Crippen LogP contribution in [0, 0.1) is 5.92 Å². The first kappa shape index (κ1) is 19.3. The number of aryl methyl sites for hydroxylation is 1. The first-order valence-corrected chi connectivity index (χ1v) is 10.5. The summed E-state index contributed by atoms with van der Waals surface area (Å²) >= 11 is 0. The minimum atomic E-state index is 0.330. The number of hydrogen-bond donors (Lipinski definition) is 0. The van der Waals surface area contributed by atoms with E-state index in [1.54, 1.807) is 7.11 Å². The third kappa shape index (κ3) is 5.09. The number of benzene rings is 1. The smallest absolute Gasteiger partial charge is 0.132 e.